The topological polar surface area (TPSA) is 96.0 Å². The number of anilines is 1. The fourth-order valence-electron chi connectivity index (χ4n) is 4.12. The molecule has 6 rings (SSSR count). The van der Waals surface area contributed by atoms with Gasteiger partial charge in [-0.25, -0.2) is 18.9 Å². The van der Waals surface area contributed by atoms with Crippen LogP contribution in [0.15, 0.2) is 58.3 Å². The maximum absolute atomic E-state index is 13.8. The van der Waals surface area contributed by atoms with Crippen molar-refractivity contribution in [2.75, 3.05) is 11.9 Å². The summed E-state index contributed by atoms with van der Waals surface area (Å²) in [6.07, 6.45) is 4.10. The number of ether oxygens (including phenoxy) is 1. The lowest BCUT2D eigenvalue weighted by atomic mass is 10.2. The van der Waals surface area contributed by atoms with Gasteiger partial charge in [-0.15, -0.1) is 0 Å². The van der Waals surface area contributed by atoms with Gasteiger partial charge in [0.15, 0.2) is 10.8 Å². The summed E-state index contributed by atoms with van der Waals surface area (Å²) in [4.78, 5) is 31.9. The van der Waals surface area contributed by atoms with Gasteiger partial charge < -0.3 is 10.1 Å². The molecule has 0 spiro atoms. The van der Waals surface area contributed by atoms with Gasteiger partial charge in [0.25, 0.3) is 5.56 Å². The standard InChI is InChI=1S/C24H20F2N6O3S/c1-30-12-14-10-16(6-9-18(14)29-30)32-21(33)19-20(28-23(36-19)27-11-13-2-3-13)31(24(32)34)15-4-7-17(8-5-15)35-22(25)26/h4-10,12-13,22H,2-3,11H2,1H3,(H,27,28). The first kappa shape index (κ1) is 22.4. The highest BCUT2D eigenvalue weighted by atomic mass is 32.1. The molecule has 0 amide bonds. The minimum absolute atomic E-state index is 0.0431. The number of benzene rings is 2. The van der Waals surface area contributed by atoms with Crippen molar-refractivity contribution in [2.45, 2.75) is 19.5 Å². The van der Waals surface area contributed by atoms with Gasteiger partial charge in [-0.2, -0.15) is 13.9 Å². The first-order valence-corrected chi connectivity index (χ1v) is 12.1. The Balaban J connectivity index is 1.56. The van der Waals surface area contributed by atoms with E-state index in [1.54, 1.807) is 36.1 Å². The summed E-state index contributed by atoms with van der Waals surface area (Å²) in [5, 5.41) is 8.93. The van der Waals surface area contributed by atoms with E-state index in [-0.39, 0.29) is 11.4 Å². The molecule has 1 N–H and O–H groups in total. The van der Waals surface area contributed by atoms with Crippen LogP contribution in [0.25, 0.3) is 32.6 Å². The molecule has 9 nitrogen and oxygen atoms in total. The molecule has 0 saturated heterocycles. The monoisotopic (exact) mass is 510 g/mol. The van der Waals surface area contributed by atoms with Crippen molar-refractivity contribution in [1.29, 1.82) is 0 Å². The zero-order valence-corrected chi connectivity index (χ0v) is 19.8. The van der Waals surface area contributed by atoms with Gasteiger partial charge in [0, 0.05) is 25.2 Å². The van der Waals surface area contributed by atoms with Gasteiger partial charge in [0.1, 0.15) is 10.4 Å². The summed E-state index contributed by atoms with van der Waals surface area (Å²) in [7, 11) is 1.79. The van der Waals surface area contributed by atoms with E-state index in [9.17, 15) is 18.4 Å². The van der Waals surface area contributed by atoms with E-state index in [0.29, 0.717) is 27.1 Å². The number of nitrogens with one attached hydrogen (secondary N) is 1. The van der Waals surface area contributed by atoms with E-state index in [1.165, 1.54) is 40.2 Å². The summed E-state index contributed by atoms with van der Waals surface area (Å²) in [5.74, 6) is 0.544. The van der Waals surface area contributed by atoms with Crippen LogP contribution < -0.4 is 21.3 Å². The lowest BCUT2D eigenvalue weighted by molar-refractivity contribution is -0.0498. The molecule has 1 saturated carbocycles. The van der Waals surface area contributed by atoms with Crippen molar-refractivity contribution in [3.63, 3.8) is 0 Å². The van der Waals surface area contributed by atoms with E-state index in [4.69, 9.17) is 0 Å². The highest BCUT2D eigenvalue weighted by Crippen LogP contribution is 2.31. The summed E-state index contributed by atoms with van der Waals surface area (Å²) >= 11 is 1.18. The SMILES string of the molecule is Cn1cc2cc(-n3c(=O)c4sc(NCC5CC5)nc4n(-c4ccc(OC(F)F)cc4)c3=O)ccc2n1. The summed E-state index contributed by atoms with van der Waals surface area (Å²) in [6.45, 7) is -2.22. The molecule has 3 aromatic heterocycles. The van der Waals surface area contributed by atoms with Gasteiger partial charge in [-0.3, -0.25) is 9.48 Å². The van der Waals surface area contributed by atoms with Crippen LogP contribution in [-0.4, -0.2) is 37.1 Å². The van der Waals surface area contributed by atoms with Crippen molar-refractivity contribution in [3.05, 3.63) is 69.5 Å². The predicted molar refractivity (Wildman–Crippen MR) is 133 cm³/mol. The summed E-state index contributed by atoms with van der Waals surface area (Å²) in [5.41, 5.74) is 0.576. The van der Waals surface area contributed by atoms with Crippen LogP contribution in [0, 0.1) is 5.92 Å². The van der Waals surface area contributed by atoms with Crippen LogP contribution >= 0.6 is 11.3 Å². The second-order valence-electron chi connectivity index (χ2n) is 8.67. The molecule has 1 aliphatic rings. The second-order valence-corrected chi connectivity index (χ2v) is 9.67. The number of aryl methyl sites for hydroxylation is 1. The lowest BCUT2D eigenvalue weighted by Crippen LogP contribution is -2.38. The Morgan fingerprint density at radius 2 is 1.86 bits per heavy atom. The maximum Gasteiger partial charge on any atom is 0.387 e. The first-order valence-electron chi connectivity index (χ1n) is 11.3. The van der Waals surface area contributed by atoms with E-state index in [1.807, 2.05) is 0 Å². The van der Waals surface area contributed by atoms with Gasteiger partial charge in [0.2, 0.25) is 0 Å². The molecule has 3 heterocycles. The Bertz CT molecular complexity index is 1720. The fraction of sp³-hybridized carbons (Fsp3) is 0.250. The largest absolute Gasteiger partial charge is 0.435 e. The minimum atomic E-state index is -2.96. The lowest BCUT2D eigenvalue weighted by Gasteiger charge is -2.12. The zero-order chi connectivity index (χ0) is 25.0. The van der Waals surface area contributed by atoms with Gasteiger partial charge in [-0.1, -0.05) is 11.3 Å². The smallest absolute Gasteiger partial charge is 0.387 e. The molecular formula is C24H20F2N6O3S. The van der Waals surface area contributed by atoms with Crippen molar-refractivity contribution in [1.82, 2.24) is 23.9 Å². The van der Waals surface area contributed by atoms with Crippen LogP contribution in [0.5, 0.6) is 5.75 Å². The summed E-state index contributed by atoms with van der Waals surface area (Å²) in [6, 6.07) is 10.8. The third-order valence-corrected chi connectivity index (χ3v) is 7.01. The number of hydrogen-bond donors (Lipinski definition) is 1. The second kappa shape index (κ2) is 8.55. The number of nitrogens with zero attached hydrogens (tertiary/aromatic N) is 5. The molecule has 36 heavy (non-hydrogen) atoms. The van der Waals surface area contributed by atoms with Crippen LogP contribution in [0.1, 0.15) is 12.8 Å². The highest BCUT2D eigenvalue weighted by molar-refractivity contribution is 7.22. The Morgan fingerprint density at radius 3 is 2.58 bits per heavy atom. The van der Waals surface area contributed by atoms with Gasteiger partial charge in [-0.05, 0) is 61.2 Å². The number of rotatable bonds is 7. The Kier molecular flexibility index (Phi) is 5.32. The van der Waals surface area contributed by atoms with E-state index in [2.05, 4.69) is 20.1 Å². The number of alkyl halides is 2. The molecular weight excluding hydrogens is 490 g/mol. The molecule has 0 atom stereocenters. The fourth-order valence-corrected chi connectivity index (χ4v) is 5.01. The van der Waals surface area contributed by atoms with Gasteiger partial charge in [0.05, 0.1) is 16.9 Å². The number of fused-ring (bicyclic) bond motifs is 2. The Morgan fingerprint density at radius 1 is 1.11 bits per heavy atom. The molecule has 0 unspecified atom stereocenters. The molecule has 5 aromatic rings. The molecule has 12 heteroatoms. The molecule has 0 bridgehead atoms. The summed E-state index contributed by atoms with van der Waals surface area (Å²) < 4.78 is 34.0. The number of halogens is 2. The van der Waals surface area contributed by atoms with Crippen molar-refractivity contribution >= 4 is 37.7 Å². The molecule has 184 valence electrons. The van der Waals surface area contributed by atoms with E-state index in [0.717, 1.165) is 34.9 Å². The number of thiazole rings is 1. The number of hydrogen-bond acceptors (Lipinski definition) is 7. The van der Waals surface area contributed by atoms with Crippen LogP contribution in [0.3, 0.4) is 0 Å². The molecule has 1 fully saturated rings. The molecule has 0 aliphatic heterocycles. The predicted octanol–water partition coefficient (Wildman–Crippen LogP) is 3.91. The zero-order valence-electron chi connectivity index (χ0n) is 19.0. The van der Waals surface area contributed by atoms with Crippen LogP contribution in [0.2, 0.25) is 0 Å². The third kappa shape index (κ3) is 4.02. The average molecular weight is 511 g/mol. The van der Waals surface area contributed by atoms with Crippen molar-refractivity contribution in [2.24, 2.45) is 13.0 Å². The van der Waals surface area contributed by atoms with Crippen molar-refractivity contribution in [3.8, 4) is 17.1 Å². The minimum Gasteiger partial charge on any atom is -0.435 e. The van der Waals surface area contributed by atoms with E-state index >= 15 is 0 Å². The first-order chi connectivity index (χ1) is 17.4. The van der Waals surface area contributed by atoms with Gasteiger partial charge >= 0.3 is 12.3 Å². The quantitative estimate of drug-likeness (QED) is 0.357. The van der Waals surface area contributed by atoms with Crippen LogP contribution in [0.4, 0.5) is 13.9 Å². The average Bonchev–Trinajstić information content (AvgIpc) is 3.45. The highest BCUT2D eigenvalue weighted by Gasteiger charge is 2.23. The molecule has 1 aliphatic carbocycles. The molecule has 0 radical (unpaired) electrons. The Hall–Kier alpha value is -4.06. The Labute approximate surface area is 206 Å². The maximum atomic E-state index is 13.8. The third-order valence-electron chi connectivity index (χ3n) is 6.02. The van der Waals surface area contributed by atoms with Crippen LogP contribution in [-0.2, 0) is 7.05 Å². The van der Waals surface area contributed by atoms with E-state index < -0.39 is 17.9 Å². The normalized spacial score (nSPS) is 13.7. The molecule has 2 aromatic carbocycles. The number of aromatic nitrogens is 5. The van der Waals surface area contributed by atoms with Crippen molar-refractivity contribution < 1.29 is 13.5 Å².